The third-order valence-electron chi connectivity index (χ3n) is 4.94. The van der Waals surface area contributed by atoms with E-state index in [4.69, 9.17) is 0 Å². The van der Waals surface area contributed by atoms with Crippen LogP contribution >= 0.6 is 11.3 Å². The molecule has 6 nitrogen and oxygen atoms in total. The lowest BCUT2D eigenvalue weighted by Crippen LogP contribution is -2.35. The van der Waals surface area contributed by atoms with E-state index in [1.807, 2.05) is 0 Å². The molecule has 0 aliphatic heterocycles. The number of phenolic OH excluding ortho intramolecular Hbond substituents is 1. The van der Waals surface area contributed by atoms with Crippen molar-refractivity contribution < 1.29 is 13.9 Å². The molecule has 142 valence electrons. The molecule has 0 saturated heterocycles. The summed E-state index contributed by atoms with van der Waals surface area (Å²) in [6.07, 6.45) is 4.50. The summed E-state index contributed by atoms with van der Waals surface area (Å²) in [6.45, 7) is 0. The van der Waals surface area contributed by atoms with Crippen LogP contribution in [-0.2, 0) is 7.05 Å². The average Bonchev–Trinajstić information content (AvgIpc) is 3.37. The van der Waals surface area contributed by atoms with Crippen molar-refractivity contribution in [1.82, 2.24) is 20.0 Å². The smallest absolute Gasteiger partial charge is 0.208 e. The number of benzene rings is 1. The molecule has 2 atom stereocenters. The van der Waals surface area contributed by atoms with Crippen molar-refractivity contribution in [2.45, 2.75) is 31.5 Å². The summed E-state index contributed by atoms with van der Waals surface area (Å²) in [7, 11) is 3.53. The van der Waals surface area contributed by atoms with Crippen LogP contribution in [0.1, 0.15) is 19.3 Å². The van der Waals surface area contributed by atoms with Gasteiger partial charge in [-0.2, -0.15) is 5.10 Å². The van der Waals surface area contributed by atoms with Gasteiger partial charge in [-0.3, -0.25) is 4.68 Å². The zero-order chi connectivity index (χ0) is 19.1. The van der Waals surface area contributed by atoms with Gasteiger partial charge in [0.05, 0.1) is 17.8 Å². The standard InChI is InChI=1S/C18H19F2N5OS/c1-24-9-10(8-21-24)11-7-16(26)12(6-14(11)20)17-22-23-18(27-17)25(2)15-5-3-4-13(15)19/h6-9,13,15,26H,3-5H2,1-2H3/t13-,15+/m1/s1. The first-order valence-electron chi connectivity index (χ1n) is 8.66. The van der Waals surface area contributed by atoms with E-state index in [0.29, 0.717) is 22.1 Å². The summed E-state index contributed by atoms with van der Waals surface area (Å²) in [4.78, 5) is 1.79. The van der Waals surface area contributed by atoms with Crippen molar-refractivity contribution in [2.24, 2.45) is 7.05 Å². The number of rotatable bonds is 4. The molecule has 1 N–H and O–H groups in total. The Hall–Kier alpha value is -2.55. The molecule has 0 spiro atoms. The third-order valence-corrected chi connectivity index (χ3v) is 5.99. The van der Waals surface area contributed by atoms with Gasteiger partial charge in [-0.15, -0.1) is 10.2 Å². The van der Waals surface area contributed by atoms with Crippen LogP contribution in [0, 0.1) is 5.82 Å². The van der Waals surface area contributed by atoms with Gasteiger partial charge in [-0.05, 0) is 31.4 Å². The van der Waals surface area contributed by atoms with Crippen LogP contribution in [0.25, 0.3) is 21.7 Å². The Morgan fingerprint density at radius 2 is 2.07 bits per heavy atom. The second-order valence-corrected chi connectivity index (χ2v) is 7.72. The van der Waals surface area contributed by atoms with Gasteiger partial charge in [-0.1, -0.05) is 11.3 Å². The number of alkyl halides is 1. The van der Waals surface area contributed by atoms with E-state index >= 15 is 0 Å². The van der Waals surface area contributed by atoms with Crippen LogP contribution in [0.15, 0.2) is 24.5 Å². The van der Waals surface area contributed by atoms with Gasteiger partial charge in [-0.25, -0.2) is 8.78 Å². The zero-order valence-electron chi connectivity index (χ0n) is 14.9. The van der Waals surface area contributed by atoms with Gasteiger partial charge in [0, 0.05) is 31.4 Å². The summed E-state index contributed by atoms with van der Waals surface area (Å²) < 4.78 is 30.2. The first kappa shape index (κ1) is 17.8. The number of halogens is 2. The minimum Gasteiger partial charge on any atom is -0.507 e. The number of hydrogen-bond acceptors (Lipinski definition) is 6. The number of aromatic nitrogens is 4. The lowest BCUT2D eigenvalue weighted by atomic mass is 10.1. The van der Waals surface area contributed by atoms with Gasteiger partial charge in [0.1, 0.15) is 17.7 Å². The molecule has 1 saturated carbocycles. The Bertz CT molecular complexity index is 973. The van der Waals surface area contributed by atoms with Gasteiger partial charge in [0.15, 0.2) is 5.01 Å². The first-order chi connectivity index (χ1) is 12.9. The lowest BCUT2D eigenvalue weighted by molar-refractivity contribution is 0.307. The van der Waals surface area contributed by atoms with Crippen molar-refractivity contribution in [3.63, 3.8) is 0 Å². The molecule has 1 aliphatic carbocycles. The highest BCUT2D eigenvalue weighted by molar-refractivity contribution is 7.18. The van der Waals surface area contributed by atoms with Gasteiger partial charge in [0.25, 0.3) is 0 Å². The van der Waals surface area contributed by atoms with Crippen LogP contribution in [0.4, 0.5) is 13.9 Å². The number of hydrogen-bond donors (Lipinski definition) is 1. The number of nitrogens with zero attached hydrogens (tertiary/aromatic N) is 5. The monoisotopic (exact) mass is 391 g/mol. The van der Waals surface area contributed by atoms with Gasteiger partial charge < -0.3 is 10.0 Å². The molecular weight excluding hydrogens is 372 g/mol. The van der Waals surface area contributed by atoms with E-state index in [-0.39, 0.29) is 22.9 Å². The van der Waals surface area contributed by atoms with E-state index in [1.165, 1.54) is 29.7 Å². The molecule has 2 heterocycles. The van der Waals surface area contributed by atoms with Crippen molar-refractivity contribution in [3.8, 4) is 27.4 Å². The van der Waals surface area contributed by atoms with Crippen molar-refractivity contribution in [1.29, 1.82) is 0 Å². The third kappa shape index (κ3) is 3.27. The normalized spacial score (nSPS) is 19.6. The highest BCUT2D eigenvalue weighted by Gasteiger charge is 2.32. The second-order valence-electron chi connectivity index (χ2n) is 6.77. The van der Waals surface area contributed by atoms with Crippen LogP contribution in [0.5, 0.6) is 5.75 Å². The maximum absolute atomic E-state index is 14.6. The molecule has 1 aromatic carbocycles. The van der Waals surface area contributed by atoms with E-state index in [9.17, 15) is 13.9 Å². The molecule has 0 radical (unpaired) electrons. The van der Waals surface area contributed by atoms with Gasteiger partial charge in [0.2, 0.25) is 5.13 Å². The highest BCUT2D eigenvalue weighted by atomic mass is 32.1. The molecule has 4 rings (SSSR count). The average molecular weight is 391 g/mol. The Morgan fingerprint density at radius 3 is 2.74 bits per heavy atom. The van der Waals surface area contributed by atoms with E-state index in [1.54, 1.807) is 29.9 Å². The zero-order valence-corrected chi connectivity index (χ0v) is 15.7. The summed E-state index contributed by atoms with van der Waals surface area (Å²) in [5.41, 5.74) is 1.10. The van der Waals surface area contributed by atoms with Crippen LogP contribution in [0.2, 0.25) is 0 Å². The summed E-state index contributed by atoms with van der Waals surface area (Å²) in [5, 5.41) is 23.6. The predicted molar refractivity (Wildman–Crippen MR) is 100 cm³/mol. The number of phenols is 1. The molecule has 3 aromatic rings. The van der Waals surface area contributed by atoms with Crippen LogP contribution in [0.3, 0.4) is 0 Å². The Balaban J connectivity index is 1.64. The van der Waals surface area contributed by atoms with Crippen LogP contribution in [-0.4, -0.2) is 44.3 Å². The fraction of sp³-hybridized carbons (Fsp3) is 0.389. The molecule has 0 unspecified atom stereocenters. The number of aromatic hydroxyl groups is 1. The molecular formula is C18H19F2N5OS. The minimum atomic E-state index is -0.882. The molecule has 1 aliphatic rings. The predicted octanol–water partition coefficient (Wildman–Crippen LogP) is 3.78. The largest absolute Gasteiger partial charge is 0.507 e. The number of aryl methyl sites for hydroxylation is 1. The Labute approximate surface area is 159 Å². The maximum Gasteiger partial charge on any atom is 0.208 e. The van der Waals surface area contributed by atoms with E-state index < -0.39 is 12.0 Å². The summed E-state index contributed by atoms with van der Waals surface area (Å²) >= 11 is 1.21. The SMILES string of the molecule is CN(c1nnc(-c2cc(F)c(-c3cnn(C)c3)cc2O)s1)[C@H]1CCC[C@H]1F. The maximum atomic E-state index is 14.6. The molecule has 9 heteroatoms. The van der Waals surface area contributed by atoms with E-state index in [2.05, 4.69) is 15.3 Å². The molecule has 1 fully saturated rings. The highest BCUT2D eigenvalue weighted by Crippen LogP contribution is 2.39. The van der Waals surface area contributed by atoms with Crippen LogP contribution < -0.4 is 4.90 Å². The van der Waals surface area contributed by atoms with Gasteiger partial charge >= 0.3 is 0 Å². The topological polar surface area (TPSA) is 67.1 Å². The van der Waals surface area contributed by atoms with Crippen molar-refractivity contribution in [3.05, 3.63) is 30.3 Å². The Kier molecular flexibility index (Phi) is 4.55. The molecule has 0 amide bonds. The van der Waals surface area contributed by atoms with Crippen molar-refractivity contribution in [2.75, 3.05) is 11.9 Å². The minimum absolute atomic E-state index is 0.0927. The summed E-state index contributed by atoms with van der Waals surface area (Å²) in [5.74, 6) is -0.578. The summed E-state index contributed by atoms with van der Waals surface area (Å²) in [6, 6.07) is 2.39. The molecule has 27 heavy (non-hydrogen) atoms. The lowest BCUT2D eigenvalue weighted by Gasteiger charge is -2.24. The Morgan fingerprint density at radius 1 is 1.26 bits per heavy atom. The van der Waals surface area contributed by atoms with E-state index in [0.717, 1.165) is 12.8 Å². The molecule has 0 bridgehead atoms. The first-order valence-corrected chi connectivity index (χ1v) is 9.48. The number of anilines is 1. The van der Waals surface area contributed by atoms with Crippen molar-refractivity contribution >= 4 is 16.5 Å². The fourth-order valence-corrected chi connectivity index (χ4v) is 4.34. The second kappa shape index (κ2) is 6.88. The quantitative estimate of drug-likeness (QED) is 0.733. The molecule has 2 aromatic heterocycles. The fourth-order valence-electron chi connectivity index (χ4n) is 3.45.